The normalized spacial score (nSPS) is 12.5. The molecule has 0 aliphatic rings. The van der Waals surface area contributed by atoms with Crippen molar-refractivity contribution in [2.75, 3.05) is 7.11 Å². The van der Waals surface area contributed by atoms with Gasteiger partial charge in [-0.3, -0.25) is 0 Å². The quantitative estimate of drug-likeness (QED) is 0.902. The van der Waals surface area contributed by atoms with E-state index in [0.29, 0.717) is 0 Å². The summed E-state index contributed by atoms with van der Waals surface area (Å²) in [5.74, 6) is 2.63. The van der Waals surface area contributed by atoms with E-state index in [1.165, 1.54) is 0 Å². The SMILES string of the molecule is COc1ccc(C(N)c2cc(C)oc2C)c(C)c1. The van der Waals surface area contributed by atoms with Crippen molar-refractivity contribution in [2.45, 2.75) is 26.8 Å². The van der Waals surface area contributed by atoms with E-state index in [2.05, 4.69) is 0 Å². The van der Waals surface area contributed by atoms with Gasteiger partial charge in [-0.25, -0.2) is 0 Å². The number of benzene rings is 1. The van der Waals surface area contributed by atoms with Gasteiger partial charge in [0.2, 0.25) is 0 Å². The molecule has 3 nitrogen and oxygen atoms in total. The van der Waals surface area contributed by atoms with E-state index in [9.17, 15) is 0 Å². The number of hydrogen-bond donors (Lipinski definition) is 1. The van der Waals surface area contributed by atoms with Crippen LogP contribution in [0.25, 0.3) is 0 Å². The summed E-state index contributed by atoms with van der Waals surface area (Å²) in [6.07, 6.45) is 0. The summed E-state index contributed by atoms with van der Waals surface area (Å²) in [5.41, 5.74) is 9.59. The molecule has 0 radical (unpaired) electrons. The number of hydrogen-bond acceptors (Lipinski definition) is 3. The predicted octanol–water partition coefficient (Wildman–Crippen LogP) is 3.26. The van der Waals surface area contributed by atoms with Crippen LogP contribution in [0.15, 0.2) is 28.7 Å². The Morgan fingerprint density at radius 3 is 2.33 bits per heavy atom. The Balaban J connectivity index is 2.39. The molecule has 1 aromatic carbocycles. The van der Waals surface area contributed by atoms with Gasteiger partial charge in [-0.2, -0.15) is 0 Å². The minimum Gasteiger partial charge on any atom is -0.497 e. The van der Waals surface area contributed by atoms with Gasteiger partial charge in [-0.05, 0) is 50.1 Å². The van der Waals surface area contributed by atoms with E-state index in [4.69, 9.17) is 14.9 Å². The first kappa shape index (κ1) is 12.7. The van der Waals surface area contributed by atoms with E-state index in [1.54, 1.807) is 7.11 Å². The molecule has 96 valence electrons. The van der Waals surface area contributed by atoms with Gasteiger partial charge in [0.15, 0.2) is 0 Å². The molecule has 1 aromatic heterocycles. The highest BCUT2D eigenvalue weighted by molar-refractivity contribution is 5.41. The standard InChI is InChI=1S/C15H19NO2/c1-9-7-12(17-4)5-6-13(9)15(16)14-8-10(2)18-11(14)3/h5-8,15H,16H2,1-4H3. The Hall–Kier alpha value is -1.74. The average molecular weight is 245 g/mol. The van der Waals surface area contributed by atoms with Gasteiger partial charge < -0.3 is 14.9 Å². The minimum absolute atomic E-state index is 0.159. The zero-order valence-electron chi connectivity index (χ0n) is 11.3. The number of methoxy groups -OCH3 is 1. The largest absolute Gasteiger partial charge is 0.497 e. The molecule has 2 aromatic rings. The molecule has 0 bridgehead atoms. The number of furan rings is 1. The minimum atomic E-state index is -0.159. The number of aryl methyl sites for hydroxylation is 3. The van der Waals surface area contributed by atoms with E-state index in [-0.39, 0.29) is 6.04 Å². The van der Waals surface area contributed by atoms with Gasteiger partial charge in [0.05, 0.1) is 13.2 Å². The second-order valence-electron chi connectivity index (χ2n) is 4.57. The topological polar surface area (TPSA) is 48.4 Å². The number of ether oxygens (including phenoxy) is 1. The number of rotatable bonds is 3. The molecule has 0 aliphatic heterocycles. The molecule has 1 atom stereocenters. The fraction of sp³-hybridized carbons (Fsp3) is 0.333. The van der Waals surface area contributed by atoms with Crippen LogP contribution in [0.2, 0.25) is 0 Å². The van der Waals surface area contributed by atoms with Crippen molar-refractivity contribution in [1.29, 1.82) is 0 Å². The Kier molecular flexibility index (Phi) is 3.43. The van der Waals surface area contributed by atoms with Crippen LogP contribution in [0.3, 0.4) is 0 Å². The first-order valence-electron chi connectivity index (χ1n) is 6.00. The maximum absolute atomic E-state index is 6.32. The van der Waals surface area contributed by atoms with Gasteiger partial charge >= 0.3 is 0 Å². The van der Waals surface area contributed by atoms with Crippen molar-refractivity contribution in [3.05, 3.63) is 52.5 Å². The molecule has 2 N–H and O–H groups in total. The van der Waals surface area contributed by atoms with E-state index in [1.807, 2.05) is 45.0 Å². The summed E-state index contributed by atoms with van der Waals surface area (Å²) in [4.78, 5) is 0. The molecule has 2 rings (SSSR count). The molecule has 18 heavy (non-hydrogen) atoms. The lowest BCUT2D eigenvalue weighted by molar-refractivity contribution is 0.414. The molecule has 0 fully saturated rings. The molecular formula is C15H19NO2. The van der Waals surface area contributed by atoms with E-state index < -0.39 is 0 Å². The molecule has 0 amide bonds. The maximum atomic E-state index is 6.32. The van der Waals surface area contributed by atoms with E-state index >= 15 is 0 Å². The van der Waals surface area contributed by atoms with Gasteiger partial charge in [-0.15, -0.1) is 0 Å². The van der Waals surface area contributed by atoms with Crippen LogP contribution in [0, 0.1) is 20.8 Å². The fourth-order valence-corrected chi connectivity index (χ4v) is 2.25. The Labute approximate surface area is 108 Å². The second-order valence-corrected chi connectivity index (χ2v) is 4.57. The molecular weight excluding hydrogens is 226 g/mol. The van der Waals surface area contributed by atoms with Crippen LogP contribution >= 0.6 is 0 Å². The summed E-state index contributed by atoms with van der Waals surface area (Å²) in [6, 6.07) is 7.79. The van der Waals surface area contributed by atoms with Crippen molar-refractivity contribution in [3.63, 3.8) is 0 Å². The summed E-state index contributed by atoms with van der Waals surface area (Å²) in [6.45, 7) is 5.92. The lowest BCUT2D eigenvalue weighted by Crippen LogP contribution is -2.13. The van der Waals surface area contributed by atoms with Crippen molar-refractivity contribution in [3.8, 4) is 5.75 Å². The predicted molar refractivity (Wildman–Crippen MR) is 71.9 cm³/mol. The zero-order chi connectivity index (χ0) is 13.3. The van der Waals surface area contributed by atoms with Crippen LogP contribution < -0.4 is 10.5 Å². The molecule has 3 heteroatoms. The van der Waals surface area contributed by atoms with Gasteiger partial charge in [0.25, 0.3) is 0 Å². The van der Waals surface area contributed by atoms with Crippen LogP contribution in [-0.4, -0.2) is 7.11 Å². The first-order valence-corrected chi connectivity index (χ1v) is 6.00. The highest BCUT2D eigenvalue weighted by atomic mass is 16.5. The van der Waals surface area contributed by atoms with Crippen molar-refractivity contribution < 1.29 is 9.15 Å². The van der Waals surface area contributed by atoms with Crippen molar-refractivity contribution >= 4 is 0 Å². The third-order valence-corrected chi connectivity index (χ3v) is 3.23. The summed E-state index contributed by atoms with van der Waals surface area (Å²) < 4.78 is 10.7. The summed E-state index contributed by atoms with van der Waals surface area (Å²) in [7, 11) is 1.66. The molecule has 0 saturated carbocycles. The fourth-order valence-electron chi connectivity index (χ4n) is 2.25. The van der Waals surface area contributed by atoms with E-state index in [0.717, 1.165) is 34.0 Å². The Morgan fingerprint density at radius 1 is 1.11 bits per heavy atom. The third-order valence-electron chi connectivity index (χ3n) is 3.23. The molecule has 0 saturated heterocycles. The smallest absolute Gasteiger partial charge is 0.119 e. The Morgan fingerprint density at radius 2 is 1.83 bits per heavy atom. The van der Waals surface area contributed by atoms with Crippen molar-refractivity contribution in [1.82, 2.24) is 0 Å². The maximum Gasteiger partial charge on any atom is 0.119 e. The van der Waals surface area contributed by atoms with Gasteiger partial charge in [-0.1, -0.05) is 6.07 Å². The molecule has 0 aliphatic carbocycles. The van der Waals surface area contributed by atoms with Gasteiger partial charge in [0, 0.05) is 5.56 Å². The van der Waals surface area contributed by atoms with Crippen LogP contribution in [0.1, 0.15) is 34.3 Å². The average Bonchev–Trinajstić information content (AvgIpc) is 2.67. The van der Waals surface area contributed by atoms with Crippen molar-refractivity contribution in [2.24, 2.45) is 5.73 Å². The molecule has 0 spiro atoms. The zero-order valence-corrected chi connectivity index (χ0v) is 11.3. The second kappa shape index (κ2) is 4.86. The lowest BCUT2D eigenvalue weighted by Gasteiger charge is -2.15. The highest BCUT2D eigenvalue weighted by Gasteiger charge is 2.17. The van der Waals surface area contributed by atoms with Crippen LogP contribution in [0.5, 0.6) is 5.75 Å². The first-order chi connectivity index (χ1) is 8.52. The van der Waals surface area contributed by atoms with Gasteiger partial charge in [0.1, 0.15) is 17.3 Å². The highest BCUT2D eigenvalue weighted by Crippen LogP contribution is 2.29. The number of nitrogens with two attached hydrogens (primary N) is 1. The third kappa shape index (κ3) is 2.27. The monoisotopic (exact) mass is 245 g/mol. The van der Waals surface area contributed by atoms with Crippen LogP contribution in [-0.2, 0) is 0 Å². The Bertz CT molecular complexity index is 558. The van der Waals surface area contributed by atoms with Crippen LogP contribution in [0.4, 0.5) is 0 Å². The summed E-state index contributed by atoms with van der Waals surface area (Å²) in [5, 5.41) is 0. The lowest BCUT2D eigenvalue weighted by atomic mass is 9.96. The molecule has 1 unspecified atom stereocenters. The molecule has 1 heterocycles. The summed E-state index contributed by atoms with van der Waals surface area (Å²) >= 11 is 0.